The fraction of sp³-hybridized carbons (Fsp3) is 0.900. The second-order valence-electron chi connectivity index (χ2n) is 4.68. The second-order valence-corrected chi connectivity index (χ2v) is 8.20. The Bertz CT molecular complexity index is 389. The summed E-state index contributed by atoms with van der Waals surface area (Å²) in [6, 6.07) is 0. The van der Waals surface area contributed by atoms with E-state index in [1.54, 1.807) is 4.90 Å². The number of hydrogen-bond acceptors (Lipinski definition) is 5. The van der Waals surface area contributed by atoms with E-state index in [-0.39, 0.29) is 35.2 Å². The van der Waals surface area contributed by atoms with Crippen LogP contribution in [0.25, 0.3) is 0 Å². The van der Waals surface area contributed by atoms with Crippen molar-refractivity contribution in [1.29, 1.82) is 0 Å². The molecule has 1 unspecified atom stereocenters. The Morgan fingerprint density at radius 3 is 2.65 bits per heavy atom. The van der Waals surface area contributed by atoms with Gasteiger partial charge < -0.3 is 10.0 Å². The van der Waals surface area contributed by atoms with Gasteiger partial charge in [-0.25, -0.2) is 8.42 Å². The molecule has 0 saturated carbocycles. The highest BCUT2D eigenvalue weighted by molar-refractivity contribution is 8.02. The molecule has 0 aromatic heterocycles. The van der Waals surface area contributed by atoms with Gasteiger partial charge in [0, 0.05) is 30.9 Å². The lowest BCUT2D eigenvalue weighted by atomic mass is 10.0. The van der Waals surface area contributed by atoms with E-state index in [0.717, 1.165) is 0 Å². The van der Waals surface area contributed by atoms with Gasteiger partial charge in [-0.3, -0.25) is 4.79 Å². The van der Waals surface area contributed by atoms with Crippen molar-refractivity contribution in [2.45, 2.75) is 11.7 Å². The molecule has 1 amide bonds. The molecule has 2 saturated heterocycles. The molecule has 2 aliphatic rings. The van der Waals surface area contributed by atoms with Crippen molar-refractivity contribution in [3.8, 4) is 0 Å². The molecule has 17 heavy (non-hydrogen) atoms. The van der Waals surface area contributed by atoms with Crippen LogP contribution in [-0.2, 0) is 14.6 Å². The lowest BCUT2D eigenvalue weighted by molar-refractivity contribution is -0.135. The summed E-state index contributed by atoms with van der Waals surface area (Å²) in [6.07, 6.45) is 0.666. The first-order valence-electron chi connectivity index (χ1n) is 5.71. The van der Waals surface area contributed by atoms with E-state index in [1.165, 1.54) is 11.8 Å². The summed E-state index contributed by atoms with van der Waals surface area (Å²) in [4.78, 5) is 13.4. The summed E-state index contributed by atoms with van der Waals surface area (Å²) in [6.45, 7) is 1.41. The number of sulfone groups is 1. The summed E-state index contributed by atoms with van der Waals surface area (Å²) in [5, 5.41) is 8.92. The third kappa shape index (κ3) is 3.35. The normalized spacial score (nSPS) is 28.1. The molecule has 0 radical (unpaired) electrons. The number of nitrogens with zero attached hydrogens (tertiary/aromatic N) is 1. The first-order chi connectivity index (χ1) is 8.00. The highest BCUT2D eigenvalue weighted by Crippen LogP contribution is 2.25. The number of aliphatic hydroxyl groups is 1. The van der Waals surface area contributed by atoms with Crippen LogP contribution in [0.2, 0.25) is 0 Å². The Labute approximate surface area is 105 Å². The quantitative estimate of drug-likeness (QED) is 0.741. The molecule has 2 heterocycles. The zero-order valence-electron chi connectivity index (χ0n) is 9.54. The number of hydrogen-bond donors (Lipinski definition) is 1. The first kappa shape index (κ1) is 13.2. The van der Waals surface area contributed by atoms with Gasteiger partial charge >= 0.3 is 0 Å². The molecule has 5 nitrogen and oxygen atoms in total. The molecule has 7 heteroatoms. The van der Waals surface area contributed by atoms with Crippen LogP contribution in [0.15, 0.2) is 0 Å². The summed E-state index contributed by atoms with van der Waals surface area (Å²) >= 11 is 1.45. The van der Waals surface area contributed by atoms with E-state index in [9.17, 15) is 13.2 Å². The van der Waals surface area contributed by atoms with Crippen molar-refractivity contribution < 1.29 is 18.3 Å². The SMILES string of the molecule is O=C(CSC1CCS(=O)(=O)C1)N1CC(CO)C1. The fourth-order valence-electron chi connectivity index (χ4n) is 2.06. The minimum atomic E-state index is -2.85. The van der Waals surface area contributed by atoms with Crippen LogP contribution in [0.3, 0.4) is 0 Å². The predicted molar refractivity (Wildman–Crippen MR) is 66.7 cm³/mol. The second kappa shape index (κ2) is 5.16. The number of carbonyl (C=O) groups excluding carboxylic acids is 1. The molecule has 0 aliphatic carbocycles. The Hall–Kier alpha value is -0.270. The van der Waals surface area contributed by atoms with Crippen molar-refractivity contribution >= 4 is 27.5 Å². The Kier molecular flexibility index (Phi) is 3.99. The molecular weight excluding hydrogens is 262 g/mol. The van der Waals surface area contributed by atoms with Crippen molar-refractivity contribution in [1.82, 2.24) is 4.90 Å². The average molecular weight is 279 g/mol. The van der Waals surface area contributed by atoms with Gasteiger partial charge in [-0.1, -0.05) is 0 Å². The molecule has 0 spiro atoms. The van der Waals surface area contributed by atoms with Crippen LogP contribution >= 0.6 is 11.8 Å². The summed E-state index contributed by atoms with van der Waals surface area (Å²) in [7, 11) is -2.85. The average Bonchev–Trinajstić information content (AvgIpc) is 2.54. The minimum absolute atomic E-state index is 0.0593. The lowest BCUT2D eigenvalue weighted by Crippen LogP contribution is -2.52. The maximum Gasteiger partial charge on any atom is 0.232 e. The molecule has 2 rings (SSSR count). The van der Waals surface area contributed by atoms with Gasteiger partial charge in [-0.15, -0.1) is 11.8 Å². The van der Waals surface area contributed by atoms with Gasteiger partial charge in [0.2, 0.25) is 5.91 Å². The van der Waals surface area contributed by atoms with E-state index in [0.29, 0.717) is 25.3 Å². The van der Waals surface area contributed by atoms with E-state index in [2.05, 4.69) is 0 Å². The minimum Gasteiger partial charge on any atom is -0.396 e. The Morgan fingerprint density at radius 2 is 2.12 bits per heavy atom. The topological polar surface area (TPSA) is 74.7 Å². The third-order valence-electron chi connectivity index (χ3n) is 3.20. The fourth-order valence-corrected chi connectivity index (χ4v) is 5.61. The summed E-state index contributed by atoms with van der Waals surface area (Å²) in [5.41, 5.74) is 0. The predicted octanol–water partition coefficient (Wildman–Crippen LogP) is -0.643. The largest absolute Gasteiger partial charge is 0.396 e. The summed E-state index contributed by atoms with van der Waals surface area (Å²) < 4.78 is 22.5. The molecule has 98 valence electrons. The molecular formula is C10H17NO4S2. The van der Waals surface area contributed by atoms with Gasteiger partial charge in [0.15, 0.2) is 9.84 Å². The zero-order chi connectivity index (χ0) is 12.5. The third-order valence-corrected chi connectivity index (χ3v) is 6.47. The van der Waals surface area contributed by atoms with E-state index < -0.39 is 9.84 Å². The molecule has 2 aliphatic heterocycles. The number of amides is 1. The van der Waals surface area contributed by atoms with Gasteiger partial charge in [0.25, 0.3) is 0 Å². The monoisotopic (exact) mass is 279 g/mol. The van der Waals surface area contributed by atoms with E-state index >= 15 is 0 Å². The van der Waals surface area contributed by atoms with Crippen molar-refractivity contribution in [2.24, 2.45) is 5.92 Å². The van der Waals surface area contributed by atoms with Crippen molar-refractivity contribution in [3.05, 3.63) is 0 Å². The molecule has 0 aromatic carbocycles. The lowest BCUT2D eigenvalue weighted by Gasteiger charge is -2.38. The van der Waals surface area contributed by atoms with Crippen LogP contribution in [0.5, 0.6) is 0 Å². The number of carbonyl (C=O) groups is 1. The molecule has 1 N–H and O–H groups in total. The highest BCUT2D eigenvalue weighted by atomic mass is 32.2. The number of likely N-dealkylation sites (tertiary alicyclic amines) is 1. The van der Waals surface area contributed by atoms with Gasteiger partial charge in [-0.2, -0.15) is 0 Å². The van der Waals surface area contributed by atoms with Crippen LogP contribution in [0.4, 0.5) is 0 Å². The van der Waals surface area contributed by atoms with E-state index in [1.807, 2.05) is 0 Å². The molecule has 2 fully saturated rings. The van der Waals surface area contributed by atoms with Gasteiger partial charge in [0.05, 0.1) is 17.3 Å². The van der Waals surface area contributed by atoms with Gasteiger partial charge in [0.1, 0.15) is 0 Å². The molecule has 0 bridgehead atoms. The van der Waals surface area contributed by atoms with Gasteiger partial charge in [-0.05, 0) is 6.42 Å². The molecule has 1 atom stereocenters. The van der Waals surface area contributed by atoms with Crippen molar-refractivity contribution in [3.63, 3.8) is 0 Å². The van der Waals surface area contributed by atoms with E-state index in [4.69, 9.17) is 5.11 Å². The van der Waals surface area contributed by atoms with Crippen LogP contribution in [0.1, 0.15) is 6.42 Å². The number of thioether (sulfide) groups is 1. The van der Waals surface area contributed by atoms with Crippen LogP contribution in [-0.4, -0.2) is 66.5 Å². The summed E-state index contributed by atoms with van der Waals surface area (Å²) in [5.74, 6) is 1.12. The van der Waals surface area contributed by atoms with Crippen molar-refractivity contribution in [2.75, 3.05) is 37.0 Å². The Balaban J connectivity index is 1.68. The zero-order valence-corrected chi connectivity index (χ0v) is 11.2. The Morgan fingerprint density at radius 1 is 1.41 bits per heavy atom. The number of rotatable bonds is 4. The maximum absolute atomic E-state index is 11.7. The highest BCUT2D eigenvalue weighted by Gasteiger charge is 2.32. The number of aliphatic hydroxyl groups excluding tert-OH is 1. The molecule has 0 aromatic rings. The first-order valence-corrected chi connectivity index (χ1v) is 8.58. The maximum atomic E-state index is 11.7. The van der Waals surface area contributed by atoms with Crippen LogP contribution in [0, 0.1) is 5.92 Å². The standard InChI is InChI=1S/C10H17NO4S2/c12-5-8-3-11(4-8)10(13)6-16-9-1-2-17(14,15)7-9/h8-9,12H,1-7H2. The smallest absolute Gasteiger partial charge is 0.232 e. The van der Waals surface area contributed by atoms with Crippen LogP contribution < -0.4 is 0 Å².